The number of nitrogen functional groups attached to an aromatic ring is 1. The van der Waals surface area contributed by atoms with Gasteiger partial charge in [-0.05, 0) is 36.8 Å². The minimum Gasteiger partial charge on any atom is -0.454 e. The molecule has 0 aliphatic rings. The second kappa shape index (κ2) is 5.16. The first-order chi connectivity index (χ1) is 8.47. The predicted octanol–water partition coefficient (Wildman–Crippen LogP) is 4.92. The van der Waals surface area contributed by atoms with E-state index in [1.807, 2.05) is 6.92 Å². The summed E-state index contributed by atoms with van der Waals surface area (Å²) in [5.74, 6) is 0.171. The summed E-state index contributed by atoms with van der Waals surface area (Å²) in [6, 6.07) is 7.75. The Kier molecular flexibility index (Phi) is 3.78. The van der Waals surface area contributed by atoms with Gasteiger partial charge < -0.3 is 10.5 Å². The Morgan fingerprint density at radius 2 is 1.94 bits per heavy atom. The average Bonchev–Trinajstić information content (AvgIpc) is 2.30. The highest BCUT2D eigenvalue weighted by Gasteiger charge is 2.09. The molecule has 18 heavy (non-hydrogen) atoms. The second-order valence-electron chi connectivity index (χ2n) is 3.82. The minimum atomic E-state index is -0.439. The van der Waals surface area contributed by atoms with Crippen LogP contribution in [0.15, 0.2) is 34.8 Å². The van der Waals surface area contributed by atoms with E-state index in [4.69, 9.17) is 22.1 Å². The van der Waals surface area contributed by atoms with Crippen molar-refractivity contribution in [2.75, 3.05) is 5.73 Å². The first-order valence-electron chi connectivity index (χ1n) is 5.16. The summed E-state index contributed by atoms with van der Waals surface area (Å²) in [6.07, 6.45) is 0. The van der Waals surface area contributed by atoms with Crippen molar-refractivity contribution in [3.63, 3.8) is 0 Å². The molecule has 2 rings (SSSR count). The molecule has 0 atom stereocenters. The van der Waals surface area contributed by atoms with E-state index in [0.29, 0.717) is 16.5 Å². The normalized spacial score (nSPS) is 10.4. The van der Waals surface area contributed by atoms with Crippen molar-refractivity contribution in [1.29, 1.82) is 0 Å². The molecule has 2 N–H and O–H groups in total. The van der Waals surface area contributed by atoms with E-state index < -0.39 is 5.82 Å². The number of aryl methyl sites for hydroxylation is 1. The summed E-state index contributed by atoms with van der Waals surface area (Å²) < 4.78 is 19.8. The Bertz CT molecular complexity index is 604. The third-order valence-electron chi connectivity index (χ3n) is 2.41. The molecule has 0 radical (unpaired) electrons. The fourth-order valence-electron chi connectivity index (χ4n) is 1.47. The lowest BCUT2D eigenvalue weighted by Gasteiger charge is -2.11. The van der Waals surface area contributed by atoms with Crippen molar-refractivity contribution in [3.05, 3.63) is 51.2 Å². The van der Waals surface area contributed by atoms with E-state index in [-0.39, 0.29) is 5.75 Å². The molecular weight excluding hydrogens is 321 g/mol. The highest BCUT2D eigenvalue weighted by atomic mass is 79.9. The van der Waals surface area contributed by atoms with Crippen LogP contribution in [-0.4, -0.2) is 0 Å². The van der Waals surface area contributed by atoms with Crippen LogP contribution in [-0.2, 0) is 0 Å². The molecule has 0 aliphatic carbocycles. The Labute approximate surface area is 118 Å². The third-order valence-corrected chi connectivity index (χ3v) is 3.23. The van der Waals surface area contributed by atoms with Crippen LogP contribution in [0.25, 0.3) is 0 Å². The number of halogens is 3. The molecule has 2 aromatic rings. The van der Waals surface area contributed by atoms with Gasteiger partial charge in [-0.2, -0.15) is 0 Å². The molecule has 0 bridgehead atoms. The smallest absolute Gasteiger partial charge is 0.165 e. The molecule has 0 unspecified atom stereocenters. The maximum absolute atomic E-state index is 13.6. The molecule has 0 aromatic heterocycles. The Hall–Kier alpha value is -1.26. The largest absolute Gasteiger partial charge is 0.454 e. The first-order valence-corrected chi connectivity index (χ1v) is 6.33. The number of rotatable bonds is 2. The van der Waals surface area contributed by atoms with Crippen LogP contribution in [0.5, 0.6) is 11.5 Å². The van der Waals surface area contributed by atoms with Gasteiger partial charge in [0, 0.05) is 10.5 Å². The lowest BCUT2D eigenvalue weighted by atomic mass is 10.2. The van der Waals surface area contributed by atoms with Crippen LogP contribution in [0.4, 0.5) is 10.1 Å². The Morgan fingerprint density at radius 3 is 2.67 bits per heavy atom. The summed E-state index contributed by atoms with van der Waals surface area (Å²) in [6.45, 7) is 1.82. The second-order valence-corrected chi connectivity index (χ2v) is 5.14. The number of nitrogens with two attached hydrogens (primary N) is 1. The molecule has 0 aliphatic heterocycles. The van der Waals surface area contributed by atoms with Gasteiger partial charge in [-0.15, -0.1) is 0 Å². The SMILES string of the molecule is Cc1cc(N)c(Cl)cc1Oc1cc(Br)ccc1F. The minimum absolute atomic E-state index is 0.133. The van der Waals surface area contributed by atoms with Crippen molar-refractivity contribution >= 4 is 33.2 Å². The topological polar surface area (TPSA) is 35.2 Å². The monoisotopic (exact) mass is 329 g/mol. The van der Waals surface area contributed by atoms with Gasteiger partial charge in [0.05, 0.1) is 10.7 Å². The summed E-state index contributed by atoms with van der Waals surface area (Å²) in [7, 11) is 0. The zero-order chi connectivity index (χ0) is 13.3. The predicted molar refractivity (Wildman–Crippen MR) is 74.8 cm³/mol. The molecule has 0 heterocycles. The van der Waals surface area contributed by atoms with Gasteiger partial charge in [-0.3, -0.25) is 0 Å². The zero-order valence-electron chi connectivity index (χ0n) is 9.51. The average molecular weight is 331 g/mol. The highest BCUT2D eigenvalue weighted by Crippen LogP contribution is 2.33. The zero-order valence-corrected chi connectivity index (χ0v) is 11.8. The van der Waals surface area contributed by atoms with Gasteiger partial charge in [0.25, 0.3) is 0 Å². The molecule has 0 saturated heterocycles. The van der Waals surface area contributed by atoms with Gasteiger partial charge in [0.2, 0.25) is 0 Å². The maximum atomic E-state index is 13.6. The molecular formula is C13H10BrClFNO. The van der Waals surface area contributed by atoms with Crippen molar-refractivity contribution in [1.82, 2.24) is 0 Å². The van der Waals surface area contributed by atoms with Crippen LogP contribution < -0.4 is 10.5 Å². The standard InChI is InChI=1S/C13H10BrClFNO/c1-7-4-11(17)9(15)6-12(7)18-13-5-8(14)2-3-10(13)16/h2-6H,17H2,1H3. The molecule has 94 valence electrons. The Morgan fingerprint density at radius 1 is 1.22 bits per heavy atom. The lowest BCUT2D eigenvalue weighted by Crippen LogP contribution is -1.94. The summed E-state index contributed by atoms with van der Waals surface area (Å²) in [5.41, 5.74) is 6.92. The van der Waals surface area contributed by atoms with Crippen LogP contribution in [0.3, 0.4) is 0 Å². The number of hydrogen-bond donors (Lipinski definition) is 1. The van der Waals surface area contributed by atoms with Gasteiger partial charge in [0.15, 0.2) is 11.6 Å². The van der Waals surface area contributed by atoms with E-state index in [1.54, 1.807) is 24.3 Å². The van der Waals surface area contributed by atoms with Gasteiger partial charge >= 0.3 is 0 Å². The van der Waals surface area contributed by atoms with Crippen LogP contribution >= 0.6 is 27.5 Å². The van der Waals surface area contributed by atoms with E-state index >= 15 is 0 Å². The quantitative estimate of drug-likeness (QED) is 0.793. The van der Waals surface area contributed by atoms with E-state index in [9.17, 15) is 4.39 Å². The summed E-state index contributed by atoms with van der Waals surface area (Å²) in [4.78, 5) is 0. The fourth-order valence-corrected chi connectivity index (χ4v) is 1.96. The van der Waals surface area contributed by atoms with Crippen LogP contribution in [0.1, 0.15) is 5.56 Å². The number of hydrogen-bond acceptors (Lipinski definition) is 2. The number of anilines is 1. The highest BCUT2D eigenvalue weighted by molar-refractivity contribution is 9.10. The summed E-state index contributed by atoms with van der Waals surface area (Å²) in [5, 5.41) is 0.381. The van der Waals surface area contributed by atoms with Crippen LogP contribution in [0, 0.1) is 12.7 Å². The van der Waals surface area contributed by atoms with Gasteiger partial charge in [-0.25, -0.2) is 4.39 Å². The fraction of sp³-hybridized carbons (Fsp3) is 0.0769. The van der Waals surface area contributed by atoms with E-state index in [1.165, 1.54) is 6.07 Å². The number of benzene rings is 2. The number of ether oxygens (including phenoxy) is 1. The molecule has 0 spiro atoms. The van der Waals surface area contributed by atoms with Gasteiger partial charge in [-0.1, -0.05) is 27.5 Å². The van der Waals surface area contributed by atoms with E-state index in [2.05, 4.69) is 15.9 Å². The molecule has 0 fully saturated rings. The van der Waals surface area contributed by atoms with Gasteiger partial charge in [0.1, 0.15) is 5.75 Å². The van der Waals surface area contributed by atoms with Crippen molar-refractivity contribution in [2.24, 2.45) is 0 Å². The molecule has 2 aromatic carbocycles. The van der Waals surface area contributed by atoms with Crippen molar-refractivity contribution in [2.45, 2.75) is 6.92 Å². The molecule has 5 heteroatoms. The van der Waals surface area contributed by atoms with Crippen molar-refractivity contribution in [3.8, 4) is 11.5 Å². The molecule has 0 amide bonds. The Balaban J connectivity index is 2.40. The molecule has 0 saturated carbocycles. The maximum Gasteiger partial charge on any atom is 0.165 e. The van der Waals surface area contributed by atoms with Crippen molar-refractivity contribution < 1.29 is 9.13 Å². The third kappa shape index (κ3) is 2.76. The summed E-state index contributed by atoms with van der Waals surface area (Å²) >= 11 is 9.18. The van der Waals surface area contributed by atoms with E-state index in [0.717, 1.165) is 10.0 Å². The first kappa shape index (κ1) is 13.2. The molecule has 2 nitrogen and oxygen atoms in total. The lowest BCUT2D eigenvalue weighted by molar-refractivity contribution is 0.439. The van der Waals surface area contributed by atoms with Crippen LogP contribution in [0.2, 0.25) is 5.02 Å².